The number of rotatable bonds is 8. The molecule has 1 heterocycles. The maximum absolute atomic E-state index is 4.48. The van der Waals surface area contributed by atoms with Crippen LogP contribution in [0, 0.1) is 6.92 Å². The van der Waals surface area contributed by atoms with Crippen molar-refractivity contribution in [2.75, 3.05) is 6.54 Å². The first-order valence-corrected chi connectivity index (χ1v) is 6.94. The molecule has 0 bridgehead atoms. The van der Waals surface area contributed by atoms with Crippen LogP contribution in [0.2, 0.25) is 0 Å². The second-order valence-corrected chi connectivity index (χ2v) is 4.84. The number of aryl methyl sites for hydroxylation is 3. The molecule has 1 aromatic heterocycles. The van der Waals surface area contributed by atoms with Crippen molar-refractivity contribution < 1.29 is 0 Å². The Morgan fingerprint density at radius 3 is 2.82 bits per heavy atom. The summed E-state index contributed by atoms with van der Waals surface area (Å²) in [6, 6.07) is 2.85. The largest absolute Gasteiger partial charge is 0.314 e. The van der Waals surface area contributed by atoms with E-state index in [2.05, 4.69) is 48.9 Å². The predicted octanol–water partition coefficient (Wildman–Crippen LogP) is 2.92. The Labute approximate surface area is 106 Å². The van der Waals surface area contributed by atoms with Gasteiger partial charge in [0.05, 0.1) is 5.69 Å². The molecule has 0 aliphatic carbocycles. The zero-order valence-electron chi connectivity index (χ0n) is 11.8. The van der Waals surface area contributed by atoms with Crippen molar-refractivity contribution in [1.29, 1.82) is 0 Å². The highest BCUT2D eigenvalue weighted by Crippen LogP contribution is 2.09. The van der Waals surface area contributed by atoms with Gasteiger partial charge in [-0.2, -0.15) is 5.10 Å². The third-order valence-electron chi connectivity index (χ3n) is 3.10. The van der Waals surface area contributed by atoms with Gasteiger partial charge in [0, 0.05) is 18.3 Å². The third kappa shape index (κ3) is 4.90. The minimum absolute atomic E-state index is 0.633. The Balaban J connectivity index is 2.30. The van der Waals surface area contributed by atoms with Crippen LogP contribution in [0.3, 0.4) is 0 Å². The molecular formula is C14H27N3. The zero-order valence-corrected chi connectivity index (χ0v) is 11.8. The standard InChI is InChI=1S/C14H27N3/c1-5-10-15-12(3)8-7-9-14-11-13(4)16-17(14)6-2/h11-12,15H,5-10H2,1-4H3. The van der Waals surface area contributed by atoms with Crippen molar-refractivity contribution in [3.05, 3.63) is 17.5 Å². The van der Waals surface area contributed by atoms with Gasteiger partial charge in [0.2, 0.25) is 0 Å². The van der Waals surface area contributed by atoms with E-state index in [0.717, 1.165) is 25.2 Å². The van der Waals surface area contributed by atoms with Crippen LogP contribution in [-0.2, 0) is 13.0 Å². The fraction of sp³-hybridized carbons (Fsp3) is 0.786. The van der Waals surface area contributed by atoms with E-state index < -0.39 is 0 Å². The molecule has 98 valence electrons. The molecule has 0 saturated heterocycles. The number of hydrogen-bond donors (Lipinski definition) is 1. The van der Waals surface area contributed by atoms with E-state index in [0.29, 0.717) is 6.04 Å². The molecule has 1 N–H and O–H groups in total. The summed E-state index contributed by atoms with van der Waals surface area (Å²) in [4.78, 5) is 0. The molecule has 3 heteroatoms. The van der Waals surface area contributed by atoms with Gasteiger partial charge in [-0.05, 0) is 59.1 Å². The van der Waals surface area contributed by atoms with E-state index >= 15 is 0 Å². The summed E-state index contributed by atoms with van der Waals surface area (Å²) in [6.07, 6.45) is 4.84. The first-order valence-electron chi connectivity index (χ1n) is 6.94. The highest BCUT2D eigenvalue weighted by atomic mass is 15.3. The molecular weight excluding hydrogens is 210 g/mol. The van der Waals surface area contributed by atoms with Gasteiger partial charge in [0.1, 0.15) is 0 Å². The Hall–Kier alpha value is -0.830. The second kappa shape index (κ2) is 7.49. The molecule has 0 aliphatic rings. The van der Waals surface area contributed by atoms with Crippen LogP contribution in [0.15, 0.2) is 6.07 Å². The van der Waals surface area contributed by atoms with E-state index in [4.69, 9.17) is 0 Å². The molecule has 1 unspecified atom stereocenters. The van der Waals surface area contributed by atoms with Crippen LogP contribution in [0.4, 0.5) is 0 Å². The average molecular weight is 237 g/mol. The molecule has 0 amide bonds. The van der Waals surface area contributed by atoms with Crippen molar-refractivity contribution in [3.8, 4) is 0 Å². The molecule has 0 radical (unpaired) electrons. The molecule has 1 atom stereocenters. The average Bonchev–Trinajstić information content (AvgIpc) is 2.67. The Morgan fingerprint density at radius 2 is 2.18 bits per heavy atom. The summed E-state index contributed by atoms with van der Waals surface area (Å²) in [5.41, 5.74) is 2.52. The van der Waals surface area contributed by atoms with E-state index in [1.54, 1.807) is 0 Å². The van der Waals surface area contributed by atoms with Gasteiger partial charge in [-0.1, -0.05) is 6.92 Å². The monoisotopic (exact) mass is 237 g/mol. The van der Waals surface area contributed by atoms with E-state index in [9.17, 15) is 0 Å². The number of aromatic nitrogens is 2. The number of nitrogens with zero attached hydrogens (tertiary/aromatic N) is 2. The van der Waals surface area contributed by atoms with Gasteiger partial charge >= 0.3 is 0 Å². The van der Waals surface area contributed by atoms with Crippen LogP contribution < -0.4 is 5.32 Å². The van der Waals surface area contributed by atoms with Crippen LogP contribution in [0.25, 0.3) is 0 Å². The molecule has 3 nitrogen and oxygen atoms in total. The van der Waals surface area contributed by atoms with Gasteiger partial charge in [0.25, 0.3) is 0 Å². The SMILES string of the molecule is CCCNC(C)CCCc1cc(C)nn1CC. The minimum atomic E-state index is 0.633. The van der Waals surface area contributed by atoms with Crippen molar-refractivity contribution >= 4 is 0 Å². The lowest BCUT2D eigenvalue weighted by Gasteiger charge is -2.12. The quantitative estimate of drug-likeness (QED) is 0.753. The van der Waals surface area contributed by atoms with Crippen LogP contribution in [0.1, 0.15) is 51.4 Å². The first kappa shape index (κ1) is 14.2. The molecule has 0 aromatic carbocycles. The molecule has 0 spiro atoms. The van der Waals surface area contributed by atoms with Gasteiger partial charge in [-0.15, -0.1) is 0 Å². The Kier molecular flexibility index (Phi) is 6.27. The summed E-state index contributed by atoms with van der Waals surface area (Å²) in [5, 5.41) is 8.01. The van der Waals surface area contributed by atoms with Crippen LogP contribution in [-0.4, -0.2) is 22.4 Å². The third-order valence-corrected chi connectivity index (χ3v) is 3.10. The van der Waals surface area contributed by atoms with Gasteiger partial charge < -0.3 is 5.32 Å². The summed E-state index contributed by atoms with van der Waals surface area (Å²) < 4.78 is 2.12. The van der Waals surface area contributed by atoms with Crippen LogP contribution in [0.5, 0.6) is 0 Å². The van der Waals surface area contributed by atoms with Gasteiger partial charge in [0.15, 0.2) is 0 Å². The van der Waals surface area contributed by atoms with E-state index in [1.165, 1.54) is 25.0 Å². The smallest absolute Gasteiger partial charge is 0.0596 e. The van der Waals surface area contributed by atoms with Crippen molar-refractivity contribution in [2.45, 2.75) is 66.0 Å². The van der Waals surface area contributed by atoms with Crippen molar-refractivity contribution in [3.63, 3.8) is 0 Å². The fourth-order valence-electron chi connectivity index (χ4n) is 2.16. The molecule has 1 aromatic rings. The maximum atomic E-state index is 4.48. The summed E-state index contributed by atoms with van der Waals surface area (Å²) >= 11 is 0. The lowest BCUT2D eigenvalue weighted by Crippen LogP contribution is -2.26. The van der Waals surface area contributed by atoms with E-state index in [-0.39, 0.29) is 0 Å². The molecule has 0 saturated carbocycles. The molecule has 0 aliphatic heterocycles. The summed E-state index contributed by atoms with van der Waals surface area (Å²) in [5.74, 6) is 0. The zero-order chi connectivity index (χ0) is 12.7. The summed E-state index contributed by atoms with van der Waals surface area (Å²) in [6.45, 7) is 10.8. The topological polar surface area (TPSA) is 29.9 Å². The van der Waals surface area contributed by atoms with Crippen molar-refractivity contribution in [1.82, 2.24) is 15.1 Å². The fourth-order valence-corrected chi connectivity index (χ4v) is 2.16. The first-order chi connectivity index (χ1) is 8.17. The lowest BCUT2D eigenvalue weighted by atomic mass is 10.1. The van der Waals surface area contributed by atoms with Crippen molar-refractivity contribution in [2.24, 2.45) is 0 Å². The molecule has 17 heavy (non-hydrogen) atoms. The second-order valence-electron chi connectivity index (χ2n) is 4.84. The summed E-state index contributed by atoms with van der Waals surface area (Å²) in [7, 11) is 0. The van der Waals surface area contributed by atoms with Crippen LogP contribution >= 0.6 is 0 Å². The molecule has 1 rings (SSSR count). The Bertz CT molecular complexity index is 317. The normalized spacial score (nSPS) is 12.9. The van der Waals surface area contributed by atoms with E-state index in [1.807, 2.05) is 0 Å². The van der Waals surface area contributed by atoms with Gasteiger partial charge in [-0.25, -0.2) is 0 Å². The number of hydrogen-bond acceptors (Lipinski definition) is 2. The number of nitrogens with one attached hydrogen (secondary N) is 1. The maximum Gasteiger partial charge on any atom is 0.0596 e. The predicted molar refractivity (Wildman–Crippen MR) is 73.3 cm³/mol. The van der Waals surface area contributed by atoms with Gasteiger partial charge in [-0.3, -0.25) is 4.68 Å². The minimum Gasteiger partial charge on any atom is -0.314 e. The lowest BCUT2D eigenvalue weighted by molar-refractivity contribution is 0.491. The highest BCUT2D eigenvalue weighted by Gasteiger charge is 2.05. The highest BCUT2D eigenvalue weighted by molar-refractivity contribution is 5.08. The Morgan fingerprint density at radius 1 is 1.41 bits per heavy atom. The molecule has 0 fully saturated rings.